The molecule has 126 valence electrons. The molecule has 0 atom stereocenters. The highest BCUT2D eigenvalue weighted by Crippen LogP contribution is 2.29. The second-order valence-corrected chi connectivity index (χ2v) is 5.17. The van der Waals surface area contributed by atoms with Crippen molar-refractivity contribution >= 4 is 17.9 Å². The molecule has 2 aromatic rings. The van der Waals surface area contributed by atoms with E-state index in [1.807, 2.05) is 44.2 Å². The normalized spacial score (nSPS) is 10.5. The monoisotopic (exact) mass is 327 g/mol. The number of carbonyl (C=O) groups excluding carboxylic acids is 1. The highest BCUT2D eigenvalue weighted by atomic mass is 16.5. The van der Waals surface area contributed by atoms with E-state index in [0.717, 1.165) is 16.8 Å². The van der Waals surface area contributed by atoms with E-state index in [-0.39, 0.29) is 0 Å². The van der Waals surface area contributed by atoms with E-state index in [4.69, 9.17) is 9.47 Å². The lowest BCUT2D eigenvalue weighted by molar-refractivity contribution is 0.252. The molecule has 0 heterocycles. The number of carbonyl (C=O) groups is 1. The number of urea groups is 1. The van der Waals surface area contributed by atoms with Crippen molar-refractivity contribution in [3.05, 3.63) is 53.1 Å². The number of hydrazone groups is 1. The Morgan fingerprint density at radius 2 is 1.71 bits per heavy atom. The SMILES string of the molecule is COc1cccc(C=NNC(=O)Nc2c(C)cccc2C)c1OC. The van der Waals surface area contributed by atoms with Gasteiger partial charge in [0, 0.05) is 11.3 Å². The molecule has 2 aromatic carbocycles. The van der Waals surface area contributed by atoms with Gasteiger partial charge in [0.25, 0.3) is 0 Å². The second kappa shape index (κ2) is 8.01. The van der Waals surface area contributed by atoms with E-state index >= 15 is 0 Å². The van der Waals surface area contributed by atoms with Crippen molar-refractivity contribution in [2.24, 2.45) is 5.10 Å². The van der Waals surface area contributed by atoms with E-state index in [1.165, 1.54) is 6.21 Å². The number of nitrogens with one attached hydrogen (secondary N) is 2. The third-order valence-corrected chi connectivity index (χ3v) is 3.52. The van der Waals surface area contributed by atoms with Gasteiger partial charge in [0.15, 0.2) is 11.5 Å². The van der Waals surface area contributed by atoms with Gasteiger partial charge in [0.1, 0.15) is 0 Å². The van der Waals surface area contributed by atoms with Gasteiger partial charge in [-0.05, 0) is 37.1 Å². The average Bonchev–Trinajstić information content (AvgIpc) is 2.58. The maximum atomic E-state index is 12.0. The molecule has 2 N–H and O–H groups in total. The van der Waals surface area contributed by atoms with Crippen LogP contribution in [-0.4, -0.2) is 26.5 Å². The van der Waals surface area contributed by atoms with Crippen LogP contribution in [0.1, 0.15) is 16.7 Å². The van der Waals surface area contributed by atoms with E-state index in [1.54, 1.807) is 20.3 Å². The molecule has 0 bridgehead atoms. The van der Waals surface area contributed by atoms with Gasteiger partial charge in [-0.3, -0.25) is 0 Å². The summed E-state index contributed by atoms with van der Waals surface area (Å²) in [5.41, 5.74) is 5.90. The van der Waals surface area contributed by atoms with Gasteiger partial charge in [-0.25, -0.2) is 10.2 Å². The van der Waals surface area contributed by atoms with Crippen molar-refractivity contribution in [1.29, 1.82) is 0 Å². The molecular weight excluding hydrogens is 306 g/mol. The molecule has 0 spiro atoms. The number of hydrogen-bond acceptors (Lipinski definition) is 4. The predicted molar refractivity (Wildman–Crippen MR) is 95.2 cm³/mol. The lowest BCUT2D eigenvalue weighted by Gasteiger charge is -2.11. The van der Waals surface area contributed by atoms with E-state index in [9.17, 15) is 4.79 Å². The van der Waals surface area contributed by atoms with E-state index in [2.05, 4.69) is 15.8 Å². The largest absolute Gasteiger partial charge is 0.493 e. The zero-order chi connectivity index (χ0) is 17.5. The highest BCUT2D eigenvalue weighted by molar-refractivity contribution is 5.92. The molecule has 0 aromatic heterocycles. The minimum Gasteiger partial charge on any atom is -0.493 e. The van der Waals surface area contributed by atoms with Gasteiger partial charge in [-0.15, -0.1) is 0 Å². The number of aryl methyl sites for hydroxylation is 2. The Labute approximate surface area is 141 Å². The molecule has 24 heavy (non-hydrogen) atoms. The number of anilines is 1. The molecule has 0 radical (unpaired) electrons. The Bertz CT molecular complexity index is 737. The van der Waals surface area contributed by atoms with Crippen molar-refractivity contribution in [2.75, 3.05) is 19.5 Å². The first-order valence-corrected chi connectivity index (χ1v) is 7.44. The van der Waals surface area contributed by atoms with Gasteiger partial charge in [0.2, 0.25) is 0 Å². The summed E-state index contributed by atoms with van der Waals surface area (Å²) in [5.74, 6) is 1.15. The molecule has 2 rings (SSSR count). The average molecular weight is 327 g/mol. The van der Waals surface area contributed by atoms with Crippen LogP contribution in [0.15, 0.2) is 41.5 Å². The van der Waals surface area contributed by atoms with Crippen LogP contribution in [0.4, 0.5) is 10.5 Å². The third kappa shape index (κ3) is 4.04. The fourth-order valence-electron chi connectivity index (χ4n) is 2.33. The summed E-state index contributed by atoms with van der Waals surface area (Å²) in [6, 6.07) is 10.8. The maximum Gasteiger partial charge on any atom is 0.339 e. The van der Waals surface area contributed by atoms with Gasteiger partial charge >= 0.3 is 6.03 Å². The zero-order valence-electron chi connectivity index (χ0n) is 14.2. The molecule has 0 saturated carbocycles. The first-order chi connectivity index (χ1) is 11.6. The Balaban J connectivity index is 2.05. The number of rotatable bonds is 5. The van der Waals surface area contributed by atoms with E-state index < -0.39 is 6.03 Å². The van der Waals surface area contributed by atoms with Crippen LogP contribution in [-0.2, 0) is 0 Å². The van der Waals surface area contributed by atoms with Gasteiger partial charge in [-0.1, -0.05) is 24.3 Å². The minimum atomic E-state index is -0.412. The maximum absolute atomic E-state index is 12.0. The Morgan fingerprint density at radius 1 is 1.04 bits per heavy atom. The first kappa shape index (κ1) is 17.3. The molecule has 0 saturated heterocycles. The number of benzene rings is 2. The Hall–Kier alpha value is -3.02. The molecule has 0 fully saturated rings. The number of ether oxygens (including phenoxy) is 2. The number of nitrogens with zero attached hydrogens (tertiary/aromatic N) is 1. The fraction of sp³-hybridized carbons (Fsp3) is 0.222. The van der Waals surface area contributed by atoms with Crippen LogP contribution in [0.5, 0.6) is 11.5 Å². The van der Waals surface area contributed by atoms with Gasteiger partial charge < -0.3 is 14.8 Å². The molecular formula is C18H21N3O3. The van der Waals surface area contributed by atoms with Gasteiger partial charge in [0.05, 0.1) is 20.4 Å². The van der Waals surface area contributed by atoms with E-state index in [0.29, 0.717) is 17.1 Å². The summed E-state index contributed by atoms with van der Waals surface area (Å²) in [6.45, 7) is 3.87. The van der Waals surface area contributed by atoms with Crippen LogP contribution in [0, 0.1) is 13.8 Å². The first-order valence-electron chi connectivity index (χ1n) is 7.44. The molecule has 2 amide bonds. The van der Waals surface area contributed by atoms with Crippen molar-refractivity contribution in [2.45, 2.75) is 13.8 Å². The number of para-hydroxylation sites is 2. The lowest BCUT2D eigenvalue weighted by Crippen LogP contribution is -2.25. The van der Waals surface area contributed by atoms with Crippen LogP contribution in [0.2, 0.25) is 0 Å². The summed E-state index contributed by atoms with van der Waals surface area (Å²) in [7, 11) is 3.12. The number of methoxy groups -OCH3 is 2. The molecule has 0 aliphatic rings. The van der Waals surface area contributed by atoms with Crippen molar-refractivity contribution in [3.63, 3.8) is 0 Å². The molecule has 0 aliphatic carbocycles. The topological polar surface area (TPSA) is 72.0 Å². The Morgan fingerprint density at radius 3 is 2.33 bits per heavy atom. The number of amides is 2. The minimum absolute atomic E-state index is 0.412. The van der Waals surface area contributed by atoms with Crippen LogP contribution in [0.3, 0.4) is 0 Å². The summed E-state index contributed by atoms with van der Waals surface area (Å²) in [6.07, 6.45) is 1.51. The molecule has 0 aliphatic heterocycles. The Kier molecular flexibility index (Phi) is 5.78. The van der Waals surface area contributed by atoms with Crippen LogP contribution in [0.25, 0.3) is 0 Å². The molecule has 0 unspecified atom stereocenters. The summed E-state index contributed by atoms with van der Waals surface area (Å²) >= 11 is 0. The number of hydrogen-bond donors (Lipinski definition) is 2. The molecule has 6 heteroatoms. The smallest absolute Gasteiger partial charge is 0.339 e. The quantitative estimate of drug-likeness (QED) is 0.652. The summed E-state index contributed by atoms with van der Waals surface area (Å²) in [5, 5.41) is 6.75. The second-order valence-electron chi connectivity index (χ2n) is 5.17. The van der Waals surface area contributed by atoms with Crippen molar-refractivity contribution in [1.82, 2.24) is 5.43 Å². The summed E-state index contributed by atoms with van der Waals surface area (Å²) in [4.78, 5) is 12.0. The van der Waals surface area contributed by atoms with Crippen molar-refractivity contribution in [3.8, 4) is 11.5 Å². The lowest BCUT2D eigenvalue weighted by atomic mass is 10.1. The van der Waals surface area contributed by atoms with Crippen LogP contribution < -0.4 is 20.2 Å². The highest BCUT2D eigenvalue weighted by Gasteiger charge is 2.08. The standard InChI is InChI=1S/C18H21N3O3/c1-12-7-5-8-13(2)16(12)20-18(22)21-19-11-14-9-6-10-15(23-3)17(14)24-4/h5-11H,1-4H3,(H2,20,21,22). The van der Waals surface area contributed by atoms with Crippen molar-refractivity contribution < 1.29 is 14.3 Å². The zero-order valence-corrected chi connectivity index (χ0v) is 14.2. The predicted octanol–water partition coefficient (Wildman–Crippen LogP) is 3.48. The molecule has 6 nitrogen and oxygen atoms in total. The fourth-order valence-corrected chi connectivity index (χ4v) is 2.33. The van der Waals surface area contributed by atoms with Gasteiger partial charge in [-0.2, -0.15) is 5.10 Å². The van der Waals surface area contributed by atoms with Crippen LogP contribution >= 0.6 is 0 Å². The summed E-state index contributed by atoms with van der Waals surface area (Å²) < 4.78 is 10.5. The third-order valence-electron chi connectivity index (χ3n) is 3.52.